The van der Waals surface area contributed by atoms with Gasteiger partial charge in [0.2, 0.25) is 5.82 Å². The Balaban J connectivity index is 2.08. The van der Waals surface area contributed by atoms with Gasteiger partial charge in [0.25, 0.3) is 11.8 Å². The van der Waals surface area contributed by atoms with Crippen LogP contribution in [0.4, 0.5) is 9.80 Å². The molecule has 0 aliphatic rings. The molecule has 2 heterocycles. The largest absolute Gasteiger partial charge is 0.450 e. The van der Waals surface area contributed by atoms with Crippen molar-refractivity contribution in [1.29, 1.82) is 0 Å². The van der Waals surface area contributed by atoms with Gasteiger partial charge in [0.05, 0.1) is 12.2 Å². The first-order valence-electron chi connectivity index (χ1n) is 6.25. The second-order valence-corrected chi connectivity index (χ2v) is 4.78. The summed E-state index contributed by atoms with van der Waals surface area (Å²) in [5.74, 6) is -1.23. The van der Waals surface area contributed by atoms with Crippen LogP contribution in [-0.4, -0.2) is 34.5 Å². The lowest BCUT2D eigenvalue weighted by molar-refractivity contribution is 0.0926. The van der Waals surface area contributed by atoms with Crippen molar-refractivity contribution in [2.45, 2.75) is 6.92 Å². The van der Waals surface area contributed by atoms with Crippen molar-refractivity contribution in [3.05, 3.63) is 41.3 Å². The number of nitrogens with zero attached hydrogens (tertiary/aromatic N) is 2. The molecule has 0 fully saturated rings. The van der Waals surface area contributed by atoms with Crippen LogP contribution in [0, 0.1) is 0 Å². The minimum absolute atomic E-state index is 0.0207. The standard InChI is InChI=1S/C13H12N4O4S/c1-2-21-13(20)17-10(18)8-4-7-22-12(8)16-11(19)9-14-5-3-6-15-9/h3-7H,2H2,1H3,(H,16,19)(H,17,18,20). The van der Waals surface area contributed by atoms with Gasteiger partial charge < -0.3 is 10.1 Å². The normalized spacial score (nSPS) is 9.86. The van der Waals surface area contributed by atoms with Gasteiger partial charge in [0.1, 0.15) is 5.00 Å². The third-order valence-electron chi connectivity index (χ3n) is 2.40. The van der Waals surface area contributed by atoms with E-state index < -0.39 is 17.9 Å². The maximum Gasteiger partial charge on any atom is 0.414 e. The molecule has 2 aromatic rings. The lowest BCUT2D eigenvalue weighted by Crippen LogP contribution is -2.31. The van der Waals surface area contributed by atoms with E-state index in [-0.39, 0.29) is 18.0 Å². The number of carbonyl (C=O) groups excluding carboxylic acids is 3. The van der Waals surface area contributed by atoms with Crippen LogP contribution in [0.2, 0.25) is 0 Å². The molecule has 0 bridgehead atoms. The first-order chi connectivity index (χ1) is 10.6. The number of imide groups is 1. The Kier molecular flexibility index (Phi) is 5.15. The summed E-state index contributed by atoms with van der Waals surface area (Å²) < 4.78 is 4.63. The zero-order chi connectivity index (χ0) is 15.9. The fourth-order valence-electron chi connectivity index (χ4n) is 1.49. The third kappa shape index (κ3) is 3.85. The molecule has 8 nitrogen and oxygen atoms in total. The Morgan fingerprint density at radius 3 is 2.64 bits per heavy atom. The molecule has 0 saturated heterocycles. The number of aromatic nitrogens is 2. The Hall–Kier alpha value is -2.81. The zero-order valence-corrected chi connectivity index (χ0v) is 12.3. The maximum absolute atomic E-state index is 12.0. The first kappa shape index (κ1) is 15.6. The quantitative estimate of drug-likeness (QED) is 0.886. The van der Waals surface area contributed by atoms with Gasteiger partial charge in [-0.15, -0.1) is 11.3 Å². The van der Waals surface area contributed by atoms with Crippen molar-refractivity contribution in [3.63, 3.8) is 0 Å². The van der Waals surface area contributed by atoms with E-state index in [1.54, 1.807) is 18.4 Å². The predicted molar refractivity (Wildman–Crippen MR) is 78.8 cm³/mol. The maximum atomic E-state index is 12.0. The van der Waals surface area contributed by atoms with E-state index in [4.69, 9.17) is 0 Å². The molecule has 0 aliphatic heterocycles. The van der Waals surface area contributed by atoms with E-state index >= 15 is 0 Å². The van der Waals surface area contributed by atoms with Gasteiger partial charge in [-0.2, -0.15) is 0 Å². The Morgan fingerprint density at radius 2 is 1.95 bits per heavy atom. The minimum Gasteiger partial charge on any atom is -0.450 e. The molecule has 2 aromatic heterocycles. The second kappa shape index (κ2) is 7.27. The minimum atomic E-state index is -0.845. The van der Waals surface area contributed by atoms with Gasteiger partial charge in [-0.1, -0.05) is 0 Å². The van der Waals surface area contributed by atoms with E-state index in [0.717, 1.165) is 11.3 Å². The van der Waals surface area contributed by atoms with Crippen molar-refractivity contribution in [2.24, 2.45) is 0 Å². The molecule has 3 amide bonds. The number of anilines is 1. The van der Waals surface area contributed by atoms with Gasteiger partial charge in [-0.3, -0.25) is 14.9 Å². The van der Waals surface area contributed by atoms with Crippen LogP contribution in [0.15, 0.2) is 29.9 Å². The van der Waals surface area contributed by atoms with E-state index in [9.17, 15) is 14.4 Å². The monoisotopic (exact) mass is 320 g/mol. The molecule has 22 heavy (non-hydrogen) atoms. The molecule has 0 atom stereocenters. The fraction of sp³-hybridized carbons (Fsp3) is 0.154. The summed E-state index contributed by atoms with van der Waals surface area (Å²) in [7, 11) is 0. The Labute approximate surface area is 129 Å². The number of amides is 3. The number of nitrogens with one attached hydrogen (secondary N) is 2. The summed E-state index contributed by atoms with van der Waals surface area (Å²) >= 11 is 1.14. The summed E-state index contributed by atoms with van der Waals surface area (Å²) in [6.07, 6.45) is 2.03. The SMILES string of the molecule is CCOC(=O)NC(=O)c1ccsc1NC(=O)c1ncccn1. The summed E-state index contributed by atoms with van der Waals surface area (Å²) in [5, 5.41) is 6.50. The van der Waals surface area contributed by atoms with E-state index in [1.165, 1.54) is 18.5 Å². The third-order valence-corrected chi connectivity index (χ3v) is 3.23. The summed E-state index contributed by atoms with van der Waals surface area (Å²) in [6, 6.07) is 3.07. The van der Waals surface area contributed by atoms with Crippen molar-refractivity contribution < 1.29 is 19.1 Å². The Morgan fingerprint density at radius 1 is 1.23 bits per heavy atom. The van der Waals surface area contributed by atoms with Gasteiger partial charge in [-0.25, -0.2) is 14.8 Å². The molecule has 0 aliphatic carbocycles. The highest BCUT2D eigenvalue weighted by Crippen LogP contribution is 2.23. The number of hydrogen-bond acceptors (Lipinski definition) is 7. The average molecular weight is 320 g/mol. The zero-order valence-electron chi connectivity index (χ0n) is 11.5. The van der Waals surface area contributed by atoms with Gasteiger partial charge >= 0.3 is 6.09 Å². The molecule has 0 spiro atoms. The summed E-state index contributed by atoms with van der Waals surface area (Å²) in [5.41, 5.74) is 0.155. The first-order valence-corrected chi connectivity index (χ1v) is 7.13. The smallest absolute Gasteiger partial charge is 0.414 e. The highest BCUT2D eigenvalue weighted by atomic mass is 32.1. The van der Waals surface area contributed by atoms with Crippen LogP contribution >= 0.6 is 11.3 Å². The second-order valence-electron chi connectivity index (χ2n) is 3.86. The fourth-order valence-corrected chi connectivity index (χ4v) is 2.27. The van der Waals surface area contributed by atoms with Crippen molar-refractivity contribution in [2.75, 3.05) is 11.9 Å². The van der Waals surface area contributed by atoms with Gasteiger partial charge in [0, 0.05) is 12.4 Å². The molecule has 2 N–H and O–H groups in total. The number of hydrogen-bond donors (Lipinski definition) is 2. The van der Waals surface area contributed by atoms with Crippen LogP contribution < -0.4 is 10.6 Å². The molecular weight excluding hydrogens is 308 g/mol. The molecule has 0 unspecified atom stereocenters. The van der Waals surface area contributed by atoms with Crippen LogP contribution in [0.5, 0.6) is 0 Å². The van der Waals surface area contributed by atoms with E-state index in [1.807, 2.05) is 0 Å². The van der Waals surface area contributed by atoms with Crippen molar-refractivity contribution in [3.8, 4) is 0 Å². The van der Waals surface area contributed by atoms with Crippen molar-refractivity contribution in [1.82, 2.24) is 15.3 Å². The number of thiophene rings is 1. The molecule has 2 rings (SSSR count). The molecule has 0 saturated carbocycles. The lowest BCUT2D eigenvalue weighted by atomic mass is 10.3. The van der Waals surface area contributed by atoms with Crippen LogP contribution in [0.1, 0.15) is 27.9 Å². The van der Waals surface area contributed by atoms with E-state index in [0.29, 0.717) is 5.00 Å². The summed E-state index contributed by atoms with van der Waals surface area (Å²) in [6.45, 7) is 1.78. The Bertz CT molecular complexity index is 686. The van der Waals surface area contributed by atoms with Gasteiger partial charge in [0.15, 0.2) is 0 Å². The number of ether oxygens (including phenoxy) is 1. The molecular formula is C13H12N4O4S. The van der Waals surface area contributed by atoms with E-state index in [2.05, 4.69) is 25.3 Å². The molecule has 0 aromatic carbocycles. The van der Waals surface area contributed by atoms with Crippen LogP contribution in [-0.2, 0) is 4.74 Å². The number of carbonyl (C=O) groups is 3. The molecule has 9 heteroatoms. The predicted octanol–water partition coefficient (Wildman–Crippen LogP) is 1.68. The number of rotatable bonds is 4. The average Bonchev–Trinajstić information content (AvgIpc) is 2.96. The number of alkyl carbamates (subject to hydrolysis) is 1. The van der Waals surface area contributed by atoms with Gasteiger partial charge in [-0.05, 0) is 24.4 Å². The van der Waals surface area contributed by atoms with Crippen LogP contribution in [0.3, 0.4) is 0 Å². The summed E-state index contributed by atoms with van der Waals surface area (Å²) in [4.78, 5) is 42.8. The highest BCUT2D eigenvalue weighted by Gasteiger charge is 2.19. The topological polar surface area (TPSA) is 110 Å². The molecule has 114 valence electrons. The highest BCUT2D eigenvalue weighted by molar-refractivity contribution is 7.14. The van der Waals surface area contributed by atoms with Crippen molar-refractivity contribution >= 4 is 34.2 Å². The lowest BCUT2D eigenvalue weighted by Gasteiger charge is -2.06. The van der Waals surface area contributed by atoms with Crippen LogP contribution in [0.25, 0.3) is 0 Å². The molecule has 0 radical (unpaired) electrons.